The van der Waals surface area contributed by atoms with Crippen LogP contribution in [-0.2, 0) is 10.0 Å². The van der Waals surface area contributed by atoms with Gasteiger partial charge >= 0.3 is 0 Å². The number of Topliss-reactive ketones (excluding diaryl/α,β-unsaturated/α-hetero) is 1. The average molecular weight is 352 g/mol. The number of aromatic amines is 1. The second-order valence-corrected chi connectivity index (χ2v) is 8.13. The lowest BCUT2D eigenvalue weighted by molar-refractivity contribution is 0.102. The number of benzene rings is 1. The molecule has 0 unspecified atom stereocenters. The van der Waals surface area contributed by atoms with Gasteiger partial charge in [-0.3, -0.25) is 14.6 Å². The molecule has 1 saturated carbocycles. The first-order chi connectivity index (χ1) is 10.9. The van der Waals surface area contributed by atoms with Crippen molar-refractivity contribution in [2.24, 2.45) is 0 Å². The highest BCUT2D eigenvalue weighted by molar-refractivity contribution is 7.99. The fourth-order valence-electron chi connectivity index (χ4n) is 2.01. The van der Waals surface area contributed by atoms with Crippen LogP contribution in [0.3, 0.4) is 0 Å². The summed E-state index contributed by atoms with van der Waals surface area (Å²) in [5.74, 6) is 1.58. The van der Waals surface area contributed by atoms with E-state index in [9.17, 15) is 13.2 Å². The Morgan fingerprint density at radius 2 is 2.04 bits per heavy atom. The molecule has 122 valence electrons. The summed E-state index contributed by atoms with van der Waals surface area (Å²) in [7, 11) is -3.32. The van der Waals surface area contributed by atoms with Crippen LogP contribution in [0, 0.1) is 0 Å². The largest absolute Gasteiger partial charge is 0.293 e. The van der Waals surface area contributed by atoms with Gasteiger partial charge in [0.15, 0.2) is 5.78 Å². The van der Waals surface area contributed by atoms with Gasteiger partial charge < -0.3 is 0 Å². The SMILES string of the molecule is CS(=O)(=O)Nc1ccc(C(=O)CSc2n[nH]c(C3CC3)n2)cc1. The third-order valence-electron chi connectivity index (χ3n) is 3.29. The van der Waals surface area contributed by atoms with E-state index in [-0.39, 0.29) is 11.5 Å². The number of rotatable bonds is 7. The van der Waals surface area contributed by atoms with Gasteiger partial charge in [-0.15, -0.1) is 5.10 Å². The highest BCUT2D eigenvalue weighted by atomic mass is 32.2. The van der Waals surface area contributed by atoms with E-state index in [0.717, 1.165) is 24.9 Å². The van der Waals surface area contributed by atoms with Gasteiger partial charge in [0.25, 0.3) is 0 Å². The molecule has 1 aliphatic carbocycles. The van der Waals surface area contributed by atoms with Gasteiger partial charge in [-0.1, -0.05) is 11.8 Å². The Labute approximate surface area is 138 Å². The van der Waals surface area contributed by atoms with Crippen LogP contribution in [0.25, 0.3) is 0 Å². The maximum atomic E-state index is 12.1. The van der Waals surface area contributed by atoms with E-state index in [1.807, 2.05) is 0 Å². The van der Waals surface area contributed by atoms with Crippen molar-refractivity contribution in [3.8, 4) is 0 Å². The lowest BCUT2D eigenvalue weighted by atomic mass is 10.1. The van der Waals surface area contributed by atoms with Crippen LogP contribution in [0.1, 0.15) is 34.9 Å². The predicted molar refractivity (Wildman–Crippen MR) is 88.3 cm³/mol. The van der Waals surface area contributed by atoms with E-state index in [1.165, 1.54) is 11.8 Å². The summed E-state index contributed by atoms with van der Waals surface area (Å²) < 4.78 is 24.6. The van der Waals surface area contributed by atoms with Crippen LogP contribution in [0.15, 0.2) is 29.4 Å². The molecular formula is C14H16N4O3S2. The van der Waals surface area contributed by atoms with Crippen LogP contribution in [-0.4, -0.2) is 41.4 Å². The first-order valence-corrected chi connectivity index (χ1v) is 9.94. The van der Waals surface area contributed by atoms with Crippen LogP contribution in [0.4, 0.5) is 5.69 Å². The van der Waals surface area contributed by atoms with Crippen molar-refractivity contribution < 1.29 is 13.2 Å². The van der Waals surface area contributed by atoms with Crippen molar-refractivity contribution in [1.29, 1.82) is 0 Å². The third-order valence-corrected chi connectivity index (χ3v) is 4.74. The Kier molecular flexibility index (Phi) is 4.40. The molecule has 1 fully saturated rings. The molecule has 2 N–H and O–H groups in total. The van der Waals surface area contributed by atoms with Crippen molar-refractivity contribution >= 4 is 33.3 Å². The second-order valence-electron chi connectivity index (χ2n) is 5.44. The highest BCUT2D eigenvalue weighted by Gasteiger charge is 2.27. The van der Waals surface area contributed by atoms with E-state index in [0.29, 0.717) is 22.3 Å². The van der Waals surface area contributed by atoms with Crippen molar-refractivity contribution in [3.63, 3.8) is 0 Å². The molecule has 0 aliphatic heterocycles. The molecule has 0 atom stereocenters. The summed E-state index contributed by atoms with van der Waals surface area (Å²) in [5, 5.41) is 7.58. The number of ketones is 1. The van der Waals surface area contributed by atoms with Gasteiger partial charge in [-0.25, -0.2) is 13.4 Å². The smallest absolute Gasteiger partial charge is 0.229 e. The topological polar surface area (TPSA) is 105 Å². The number of hydrogen-bond acceptors (Lipinski definition) is 6. The number of aromatic nitrogens is 3. The van der Waals surface area contributed by atoms with Gasteiger partial charge in [-0.05, 0) is 37.1 Å². The first-order valence-electron chi connectivity index (χ1n) is 7.07. The fraction of sp³-hybridized carbons (Fsp3) is 0.357. The van der Waals surface area contributed by atoms with E-state index >= 15 is 0 Å². The first kappa shape index (κ1) is 16.0. The van der Waals surface area contributed by atoms with Crippen LogP contribution >= 0.6 is 11.8 Å². The predicted octanol–water partition coefficient (Wildman–Crippen LogP) is 2.03. The van der Waals surface area contributed by atoms with Crippen molar-refractivity contribution in [1.82, 2.24) is 15.2 Å². The minimum Gasteiger partial charge on any atom is -0.293 e. The van der Waals surface area contributed by atoms with Gasteiger partial charge in [0.05, 0.1) is 12.0 Å². The molecule has 23 heavy (non-hydrogen) atoms. The minimum absolute atomic E-state index is 0.0568. The van der Waals surface area contributed by atoms with Gasteiger partial charge in [-0.2, -0.15) is 0 Å². The third kappa shape index (κ3) is 4.55. The summed E-state index contributed by atoms with van der Waals surface area (Å²) in [4.78, 5) is 16.5. The van der Waals surface area contributed by atoms with E-state index in [4.69, 9.17) is 0 Å². The van der Waals surface area contributed by atoms with Gasteiger partial charge in [0.1, 0.15) is 5.82 Å². The number of nitrogens with one attached hydrogen (secondary N) is 2. The zero-order chi connectivity index (χ0) is 16.4. The molecule has 1 heterocycles. The number of H-pyrrole nitrogens is 1. The molecule has 1 aliphatic rings. The van der Waals surface area contributed by atoms with E-state index in [1.54, 1.807) is 24.3 Å². The van der Waals surface area contributed by atoms with Crippen LogP contribution < -0.4 is 4.72 Å². The summed E-state index contributed by atoms with van der Waals surface area (Å²) in [6.07, 6.45) is 3.37. The molecule has 7 nitrogen and oxygen atoms in total. The van der Waals surface area contributed by atoms with Gasteiger partial charge in [0, 0.05) is 17.2 Å². The summed E-state index contributed by atoms with van der Waals surface area (Å²) in [5.41, 5.74) is 0.953. The average Bonchev–Trinajstić information content (AvgIpc) is 3.23. The summed E-state index contributed by atoms with van der Waals surface area (Å²) in [6.45, 7) is 0. The number of sulfonamides is 1. The molecule has 1 aromatic carbocycles. The zero-order valence-corrected chi connectivity index (χ0v) is 14.1. The molecule has 0 amide bonds. The number of carbonyl (C=O) groups is 1. The molecule has 9 heteroatoms. The Morgan fingerprint density at radius 1 is 1.35 bits per heavy atom. The van der Waals surface area contributed by atoms with Crippen LogP contribution in [0.5, 0.6) is 0 Å². The number of carbonyl (C=O) groups excluding carboxylic acids is 1. The highest BCUT2D eigenvalue weighted by Crippen LogP contribution is 2.38. The molecule has 3 rings (SSSR count). The van der Waals surface area contributed by atoms with E-state index < -0.39 is 10.0 Å². The lowest BCUT2D eigenvalue weighted by Gasteiger charge is -2.04. The molecular weight excluding hydrogens is 336 g/mol. The normalized spacial score (nSPS) is 14.7. The lowest BCUT2D eigenvalue weighted by Crippen LogP contribution is -2.10. The molecule has 0 radical (unpaired) electrons. The molecule has 0 saturated heterocycles. The minimum atomic E-state index is -3.32. The Hall–Kier alpha value is -1.87. The Balaban J connectivity index is 1.56. The van der Waals surface area contributed by atoms with E-state index in [2.05, 4.69) is 19.9 Å². The number of anilines is 1. The Morgan fingerprint density at radius 3 is 2.65 bits per heavy atom. The fourth-order valence-corrected chi connectivity index (χ4v) is 3.28. The molecule has 0 bridgehead atoms. The molecule has 2 aromatic rings. The summed E-state index contributed by atoms with van der Waals surface area (Å²) >= 11 is 1.29. The Bertz CT molecular complexity index is 811. The number of hydrogen-bond donors (Lipinski definition) is 2. The van der Waals surface area contributed by atoms with Gasteiger partial charge in [0.2, 0.25) is 15.2 Å². The molecule has 1 aromatic heterocycles. The second kappa shape index (κ2) is 6.32. The quantitative estimate of drug-likeness (QED) is 0.583. The maximum absolute atomic E-state index is 12.1. The van der Waals surface area contributed by atoms with Crippen molar-refractivity contribution in [2.45, 2.75) is 23.9 Å². The van der Waals surface area contributed by atoms with Crippen molar-refractivity contribution in [3.05, 3.63) is 35.7 Å². The summed E-state index contributed by atoms with van der Waals surface area (Å²) in [6, 6.07) is 6.34. The monoisotopic (exact) mass is 352 g/mol. The maximum Gasteiger partial charge on any atom is 0.229 e. The molecule has 0 spiro atoms. The number of thioether (sulfide) groups is 1. The van der Waals surface area contributed by atoms with Crippen molar-refractivity contribution in [2.75, 3.05) is 16.7 Å². The van der Waals surface area contributed by atoms with Crippen LogP contribution in [0.2, 0.25) is 0 Å². The standard InChI is InChI=1S/C14H16N4O3S2/c1-23(20,21)18-11-6-4-9(5-7-11)12(19)8-22-14-15-13(16-17-14)10-2-3-10/h4-7,10,18H,2-3,8H2,1H3,(H,15,16,17). The zero-order valence-electron chi connectivity index (χ0n) is 12.4. The number of nitrogens with zero attached hydrogens (tertiary/aromatic N) is 2.